The highest BCUT2D eigenvalue weighted by atomic mass is 32.2. The van der Waals surface area contributed by atoms with E-state index in [4.69, 9.17) is 0 Å². The van der Waals surface area contributed by atoms with Crippen LogP contribution in [0.5, 0.6) is 0 Å². The second-order valence-electron chi connectivity index (χ2n) is 5.28. The van der Waals surface area contributed by atoms with Gasteiger partial charge in [0, 0.05) is 12.1 Å². The third kappa shape index (κ3) is 3.42. The van der Waals surface area contributed by atoms with Crippen molar-refractivity contribution in [1.82, 2.24) is 10.2 Å². The van der Waals surface area contributed by atoms with E-state index < -0.39 is 9.84 Å². The van der Waals surface area contributed by atoms with Crippen LogP contribution in [-0.4, -0.2) is 56.5 Å². The van der Waals surface area contributed by atoms with Crippen LogP contribution < -0.4 is 5.32 Å². The van der Waals surface area contributed by atoms with Crippen LogP contribution in [0.15, 0.2) is 0 Å². The van der Waals surface area contributed by atoms with Crippen molar-refractivity contribution in [2.24, 2.45) is 0 Å². The minimum atomic E-state index is -2.75. The normalized spacial score (nSPS) is 29.9. The van der Waals surface area contributed by atoms with Crippen LogP contribution in [0, 0.1) is 0 Å². The smallest absolute Gasteiger partial charge is 0.151 e. The lowest BCUT2D eigenvalue weighted by Gasteiger charge is -2.38. The summed E-state index contributed by atoms with van der Waals surface area (Å²) in [6.07, 6.45) is 4.28. The maximum atomic E-state index is 11.6. The Morgan fingerprint density at radius 1 is 1.18 bits per heavy atom. The second kappa shape index (κ2) is 5.67. The Hall–Kier alpha value is -0.130. The fourth-order valence-electron chi connectivity index (χ4n) is 3.10. The topological polar surface area (TPSA) is 49.4 Å². The van der Waals surface area contributed by atoms with E-state index in [2.05, 4.69) is 17.1 Å². The molecule has 2 aliphatic heterocycles. The van der Waals surface area contributed by atoms with E-state index in [-0.39, 0.29) is 6.04 Å². The van der Waals surface area contributed by atoms with Crippen LogP contribution in [0.25, 0.3) is 0 Å². The molecule has 2 saturated heterocycles. The van der Waals surface area contributed by atoms with E-state index in [9.17, 15) is 8.42 Å². The number of sulfone groups is 1. The van der Waals surface area contributed by atoms with E-state index in [1.54, 1.807) is 0 Å². The molecule has 0 aromatic heterocycles. The van der Waals surface area contributed by atoms with Gasteiger partial charge in [-0.05, 0) is 45.3 Å². The fraction of sp³-hybridized carbons (Fsp3) is 1.00. The zero-order valence-electron chi connectivity index (χ0n) is 10.7. The van der Waals surface area contributed by atoms with Crippen LogP contribution in [0.4, 0.5) is 0 Å². The molecule has 2 heterocycles. The summed E-state index contributed by atoms with van der Waals surface area (Å²) in [4.78, 5) is 2.48. The molecular formula is C12H24N2O2S. The third-order valence-electron chi connectivity index (χ3n) is 3.94. The van der Waals surface area contributed by atoms with Crippen molar-refractivity contribution in [3.63, 3.8) is 0 Å². The lowest BCUT2D eigenvalue weighted by Crippen LogP contribution is -2.48. The number of nitrogens with one attached hydrogen (secondary N) is 1. The van der Waals surface area contributed by atoms with Crippen molar-refractivity contribution in [2.75, 3.05) is 31.1 Å². The SMILES string of the molecule is CCCN(C1CCNCC1)C1CCS(=O)(=O)C1. The Kier molecular flexibility index (Phi) is 4.44. The Balaban J connectivity index is 2.01. The highest BCUT2D eigenvalue weighted by Crippen LogP contribution is 2.23. The van der Waals surface area contributed by atoms with Gasteiger partial charge in [-0.3, -0.25) is 4.90 Å². The molecular weight excluding hydrogens is 236 g/mol. The van der Waals surface area contributed by atoms with Crippen LogP contribution in [0.3, 0.4) is 0 Å². The molecule has 0 radical (unpaired) electrons. The van der Waals surface area contributed by atoms with Crippen molar-refractivity contribution in [3.05, 3.63) is 0 Å². The summed E-state index contributed by atoms with van der Waals surface area (Å²) in [5, 5.41) is 3.37. The van der Waals surface area contributed by atoms with Crippen molar-refractivity contribution in [3.8, 4) is 0 Å². The zero-order valence-corrected chi connectivity index (χ0v) is 11.5. The van der Waals surface area contributed by atoms with Crippen LogP contribution in [0.2, 0.25) is 0 Å². The van der Waals surface area contributed by atoms with Gasteiger partial charge in [0.15, 0.2) is 9.84 Å². The molecule has 5 heteroatoms. The number of nitrogens with zero attached hydrogens (tertiary/aromatic N) is 1. The van der Waals surface area contributed by atoms with Crippen molar-refractivity contribution in [1.29, 1.82) is 0 Å². The summed E-state index contributed by atoms with van der Waals surface area (Å²) in [5.74, 6) is 0.778. The van der Waals surface area contributed by atoms with Gasteiger partial charge in [-0.25, -0.2) is 8.42 Å². The molecule has 0 spiro atoms. The number of rotatable bonds is 4. The first kappa shape index (κ1) is 13.3. The maximum absolute atomic E-state index is 11.6. The molecule has 0 saturated carbocycles. The molecule has 0 bridgehead atoms. The minimum absolute atomic E-state index is 0.281. The predicted octanol–water partition coefficient (Wildman–Crippen LogP) is 0.638. The first-order valence-electron chi connectivity index (χ1n) is 6.79. The van der Waals surface area contributed by atoms with Gasteiger partial charge >= 0.3 is 0 Å². The summed E-state index contributed by atoms with van der Waals surface area (Å²) in [6, 6.07) is 0.873. The Morgan fingerprint density at radius 2 is 1.88 bits per heavy atom. The van der Waals surface area contributed by atoms with E-state index in [0.29, 0.717) is 17.5 Å². The second-order valence-corrected chi connectivity index (χ2v) is 7.50. The van der Waals surface area contributed by atoms with Crippen LogP contribution >= 0.6 is 0 Å². The molecule has 0 aromatic rings. The summed E-state index contributed by atoms with van der Waals surface area (Å²) in [5.41, 5.74) is 0. The van der Waals surface area contributed by atoms with Crippen molar-refractivity contribution >= 4 is 9.84 Å². The van der Waals surface area contributed by atoms with E-state index in [1.165, 1.54) is 0 Å². The zero-order chi connectivity index (χ0) is 12.3. The first-order chi connectivity index (χ1) is 8.12. The lowest BCUT2D eigenvalue weighted by molar-refractivity contribution is 0.120. The van der Waals surface area contributed by atoms with Crippen LogP contribution in [-0.2, 0) is 9.84 Å². The molecule has 17 heavy (non-hydrogen) atoms. The molecule has 2 rings (SSSR count). The molecule has 0 amide bonds. The minimum Gasteiger partial charge on any atom is -0.317 e. The van der Waals surface area contributed by atoms with E-state index in [1.807, 2.05) is 0 Å². The molecule has 0 aromatic carbocycles. The standard InChI is InChI=1S/C12H24N2O2S/c1-2-8-14(11-3-6-13-7-4-11)12-5-9-17(15,16)10-12/h11-13H,2-10H2,1H3. The Morgan fingerprint density at radius 3 is 2.41 bits per heavy atom. The molecule has 1 unspecified atom stereocenters. The summed E-state index contributed by atoms with van der Waals surface area (Å²) >= 11 is 0. The number of hydrogen-bond acceptors (Lipinski definition) is 4. The highest BCUT2D eigenvalue weighted by molar-refractivity contribution is 7.91. The average Bonchev–Trinajstić information content (AvgIpc) is 2.67. The van der Waals surface area contributed by atoms with Gasteiger partial charge in [-0.2, -0.15) is 0 Å². The Bertz CT molecular complexity index is 336. The molecule has 100 valence electrons. The number of piperidine rings is 1. The lowest BCUT2D eigenvalue weighted by atomic mass is 10.0. The average molecular weight is 260 g/mol. The van der Waals surface area contributed by atoms with E-state index >= 15 is 0 Å². The Labute approximate surface area is 105 Å². The molecule has 1 N–H and O–H groups in total. The molecule has 2 aliphatic rings. The van der Waals surface area contributed by atoms with Gasteiger partial charge in [0.05, 0.1) is 11.5 Å². The molecule has 1 atom stereocenters. The van der Waals surface area contributed by atoms with Gasteiger partial charge in [0.2, 0.25) is 0 Å². The largest absolute Gasteiger partial charge is 0.317 e. The molecule has 4 nitrogen and oxygen atoms in total. The van der Waals surface area contributed by atoms with Gasteiger partial charge < -0.3 is 5.32 Å². The third-order valence-corrected chi connectivity index (χ3v) is 5.69. The number of hydrogen-bond donors (Lipinski definition) is 1. The maximum Gasteiger partial charge on any atom is 0.151 e. The predicted molar refractivity (Wildman–Crippen MR) is 69.9 cm³/mol. The van der Waals surface area contributed by atoms with Crippen LogP contribution in [0.1, 0.15) is 32.6 Å². The monoisotopic (exact) mass is 260 g/mol. The summed E-state index contributed by atoms with van der Waals surface area (Å²) in [7, 11) is -2.75. The summed E-state index contributed by atoms with van der Waals surface area (Å²) in [6.45, 7) is 5.37. The fourth-order valence-corrected chi connectivity index (χ4v) is 4.84. The quantitative estimate of drug-likeness (QED) is 0.806. The van der Waals surface area contributed by atoms with Gasteiger partial charge in [0.25, 0.3) is 0 Å². The highest BCUT2D eigenvalue weighted by Gasteiger charge is 2.35. The van der Waals surface area contributed by atoms with E-state index in [0.717, 1.165) is 45.3 Å². The molecule has 0 aliphatic carbocycles. The first-order valence-corrected chi connectivity index (χ1v) is 8.61. The summed E-state index contributed by atoms with van der Waals surface area (Å²) < 4.78 is 23.2. The molecule has 2 fully saturated rings. The van der Waals surface area contributed by atoms with Gasteiger partial charge in [-0.15, -0.1) is 0 Å². The van der Waals surface area contributed by atoms with Crippen molar-refractivity contribution in [2.45, 2.75) is 44.7 Å². The van der Waals surface area contributed by atoms with Crippen molar-refractivity contribution < 1.29 is 8.42 Å². The van der Waals surface area contributed by atoms with Gasteiger partial charge in [0.1, 0.15) is 0 Å². The van der Waals surface area contributed by atoms with Gasteiger partial charge in [-0.1, -0.05) is 6.92 Å².